The van der Waals surface area contributed by atoms with E-state index >= 15 is 0 Å². The maximum absolute atomic E-state index is 13.4. The first-order valence-corrected chi connectivity index (χ1v) is 13.3. The third-order valence-electron chi connectivity index (χ3n) is 6.12. The second-order valence-electron chi connectivity index (χ2n) is 8.41. The van der Waals surface area contributed by atoms with Gasteiger partial charge in [-0.05, 0) is 19.9 Å². The fourth-order valence-electron chi connectivity index (χ4n) is 3.78. The molecule has 1 aliphatic heterocycles. The number of nitrogens with zero attached hydrogens (tertiary/aromatic N) is 6. The minimum Gasteiger partial charge on any atom is -0.481 e. The number of rotatable bonds is 9. The Morgan fingerprint density at radius 2 is 1.92 bits per heavy atom. The Labute approximate surface area is 214 Å². The molecule has 0 amide bonds. The molecule has 0 radical (unpaired) electrons. The molecule has 36 heavy (non-hydrogen) atoms. The molecule has 1 saturated heterocycles. The first kappa shape index (κ1) is 26.2. The highest BCUT2D eigenvalue weighted by molar-refractivity contribution is 7.93. The second-order valence-corrected chi connectivity index (χ2v) is 10.9. The largest absolute Gasteiger partial charge is 0.481 e. The molecule has 1 N–H and O–H groups in total. The van der Waals surface area contributed by atoms with Crippen molar-refractivity contribution in [2.75, 3.05) is 31.7 Å². The third-order valence-corrected chi connectivity index (χ3v) is 8.17. The summed E-state index contributed by atoms with van der Waals surface area (Å²) < 4.78 is 47.8. The lowest BCUT2D eigenvalue weighted by Gasteiger charge is -2.30. The molecule has 0 aromatic carbocycles. The molecule has 1 unspecified atom stereocenters. The maximum atomic E-state index is 13.4. The number of anilines is 1. The molecule has 3 aromatic rings. The molecule has 1 aliphatic rings. The second kappa shape index (κ2) is 11.0. The summed E-state index contributed by atoms with van der Waals surface area (Å²) in [6.07, 6.45) is 2.53. The van der Waals surface area contributed by atoms with Crippen molar-refractivity contribution in [2.45, 2.75) is 44.1 Å². The van der Waals surface area contributed by atoms with Crippen molar-refractivity contribution in [3.05, 3.63) is 41.4 Å². The van der Waals surface area contributed by atoms with E-state index in [0.29, 0.717) is 48.1 Å². The van der Waals surface area contributed by atoms with Crippen LogP contribution in [0.5, 0.6) is 5.88 Å². The van der Waals surface area contributed by atoms with Crippen LogP contribution in [0.3, 0.4) is 0 Å². The summed E-state index contributed by atoms with van der Waals surface area (Å²) in [5.74, 6) is 0.617. The molecule has 4 atom stereocenters. The van der Waals surface area contributed by atoms with Crippen LogP contribution < -0.4 is 9.46 Å². The van der Waals surface area contributed by atoms with Crippen LogP contribution in [0.4, 0.5) is 5.95 Å². The minimum atomic E-state index is -3.94. The summed E-state index contributed by atoms with van der Waals surface area (Å²) in [4.78, 5) is 12.8. The lowest BCUT2D eigenvalue weighted by Crippen LogP contribution is -2.37. The van der Waals surface area contributed by atoms with Crippen molar-refractivity contribution in [1.29, 1.82) is 0 Å². The van der Waals surface area contributed by atoms with Gasteiger partial charge in [-0.2, -0.15) is 0 Å². The Morgan fingerprint density at radius 3 is 2.58 bits per heavy atom. The summed E-state index contributed by atoms with van der Waals surface area (Å²) in [7, 11) is -2.43. The number of hydrogen-bond donors (Lipinski definition) is 1. The van der Waals surface area contributed by atoms with Gasteiger partial charge >= 0.3 is 0 Å². The zero-order chi connectivity index (χ0) is 25.9. The summed E-state index contributed by atoms with van der Waals surface area (Å²) in [5, 5.41) is 7.91. The lowest BCUT2D eigenvalue weighted by atomic mass is 10.1. The molecule has 0 saturated carbocycles. The number of nitrogens with one attached hydrogen (secondary N) is 1. The summed E-state index contributed by atoms with van der Waals surface area (Å²) >= 11 is 5.87. The molecule has 12 nitrogen and oxygen atoms in total. The predicted octanol–water partition coefficient (Wildman–Crippen LogP) is 2.70. The van der Waals surface area contributed by atoms with Gasteiger partial charge in [0.15, 0.2) is 5.82 Å². The Hall–Kier alpha value is -2.87. The highest BCUT2D eigenvalue weighted by Gasteiger charge is 2.34. The van der Waals surface area contributed by atoms with Gasteiger partial charge in [-0.25, -0.2) is 23.4 Å². The number of halogens is 1. The maximum Gasteiger partial charge on any atom is 0.238 e. The standard InChI is InChI=1S/C22H28ClN7O5S/c1-13(20-24-10-16(23)11-25-20)15(3)36(31,32)29-22-28-27-21(17-6-5-7-19(26-17)33-4)30(22)14(2)18-12-34-8-9-35-18/h5-7,10-11,13-15,18H,8-9,12H2,1-4H3,(H,28,29)/t13-,14-,15-,18?/m0/s1. The SMILES string of the molecule is COc1cccc(-c2nnc(NS(=O)(=O)[C@@H](C)[C@H](C)c3ncc(Cl)cn3)n2[C@@H](C)C2COCCO2)n1. The van der Waals surface area contributed by atoms with E-state index in [9.17, 15) is 8.42 Å². The van der Waals surface area contributed by atoms with Gasteiger partial charge in [0.1, 0.15) is 17.6 Å². The van der Waals surface area contributed by atoms with Crippen molar-refractivity contribution in [3.63, 3.8) is 0 Å². The highest BCUT2D eigenvalue weighted by atomic mass is 35.5. The minimum absolute atomic E-state index is 0.0346. The molecule has 1 fully saturated rings. The summed E-state index contributed by atoms with van der Waals surface area (Å²) in [5.41, 5.74) is 0.465. The van der Waals surface area contributed by atoms with Crippen molar-refractivity contribution in [2.24, 2.45) is 0 Å². The Morgan fingerprint density at radius 1 is 1.17 bits per heavy atom. The average Bonchev–Trinajstić information content (AvgIpc) is 3.31. The smallest absolute Gasteiger partial charge is 0.238 e. The molecule has 3 aromatic heterocycles. The van der Waals surface area contributed by atoms with Gasteiger partial charge in [-0.1, -0.05) is 24.6 Å². The average molecular weight is 538 g/mol. The van der Waals surface area contributed by atoms with Crippen molar-refractivity contribution < 1.29 is 22.6 Å². The topological polar surface area (TPSA) is 143 Å². The lowest BCUT2D eigenvalue weighted by molar-refractivity contribution is -0.104. The molecular formula is C22H28ClN7O5S. The van der Waals surface area contributed by atoms with Crippen LogP contribution in [-0.4, -0.2) is 76.4 Å². The van der Waals surface area contributed by atoms with Gasteiger partial charge in [-0.3, -0.25) is 9.29 Å². The van der Waals surface area contributed by atoms with Crippen LogP contribution in [0.25, 0.3) is 11.5 Å². The Bertz CT molecular complexity index is 1280. The van der Waals surface area contributed by atoms with E-state index in [1.165, 1.54) is 19.5 Å². The van der Waals surface area contributed by atoms with E-state index in [4.69, 9.17) is 25.8 Å². The molecule has 4 heterocycles. The Kier molecular flexibility index (Phi) is 8.03. The number of aromatic nitrogens is 6. The van der Waals surface area contributed by atoms with E-state index in [1.54, 1.807) is 36.6 Å². The van der Waals surface area contributed by atoms with Crippen LogP contribution in [0.2, 0.25) is 5.02 Å². The molecular weight excluding hydrogens is 510 g/mol. The van der Waals surface area contributed by atoms with Crippen LogP contribution in [0.1, 0.15) is 38.6 Å². The normalized spacial score (nSPS) is 18.9. The first-order chi connectivity index (χ1) is 17.2. The van der Waals surface area contributed by atoms with E-state index in [2.05, 4.69) is 29.9 Å². The Balaban J connectivity index is 1.69. The van der Waals surface area contributed by atoms with Crippen LogP contribution in [0.15, 0.2) is 30.6 Å². The van der Waals surface area contributed by atoms with Crippen LogP contribution >= 0.6 is 11.6 Å². The van der Waals surface area contributed by atoms with Gasteiger partial charge < -0.3 is 14.2 Å². The fraction of sp³-hybridized carbons (Fsp3) is 0.500. The first-order valence-electron chi connectivity index (χ1n) is 11.4. The third kappa shape index (κ3) is 5.59. The van der Waals surface area contributed by atoms with Gasteiger partial charge in [0.25, 0.3) is 0 Å². The molecule has 194 valence electrons. The van der Waals surface area contributed by atoms with Crippen LogP contribution in [-0.2, 0) is 19.5 Å². The highest BCUT2D eigenvalue weighted by Crippen LogP contribution is 2.30. The van der Waals surface area contributed by atoms with Gasteiger partial charge in [0.2, 0.25) is 21.9 Å². The number of hydrogen-bond acceptors (Lipinski definition) is 10. The summed E-state index contributed by atoms with van der Waals surface area (Å²) in [6.45, 7) is 6.48. The zero-order valence-corrected chi connectivity index (χ0v) is 21.9. The number of methoxy groups -OCH3 is 1. The monoisotopic (exact) mass is 537 g/mol. The molecule has 14 heteroatoms. The van der Waals surface area contributed by atoms with Crippen molar-refractivity contribution in [3.8, 4) is 17.4 Å². The summed E-state index contributed by atoms with van der Waals surface area (Å²) in [6, 6.07) is 4.84. The van der Waals surface area contributed by atoms with E-state index < -0.39 is 21.2 Å². The fourth-order valence-corrected chi connectivity index (χ4v) is 5.12. The van der Waals surface area contributed by atoms with E-state index in [1.807, 2.05) is 6.92 Å². The van der Waals surface area contributed by atoms with Gasteiger partial charge in [-0.15, -0.1) is 10.2 Å². The predicted molar refractivity (Wildman–Crippen MR) is 133 cm³/mol. The van der Waals surface area contributed by atoms with E-state index in [0.717, 1.165) is 0 Å². The molecule has 4 rings (SSSR count). The quantitative estimate of drug-likeness (QED) is 0.432. The zero-order valence-electron chi connectivity index (χ0n) is 20.3. The number of ether oxygens (including phenoxy) is 3. The van der Waals surface area contributed by atoms with E-state index in [-0.39, 0.29) is 18.1 Å². The molecule has 0 spiro atoms. The number of pyridine rings is 1. The van der Waals surface area contributed by atoms with Gasteiger partial charge in [0.05, 0.1) is 43.2 Å². The van der Waals surface area contributed by atoms with Gasteiger partial charge in [0, 0.05) is 24.4 Å². The van der Waals surface area contributed by atoms with Crippen molar-refractivity contribution in [1.82, 2.24) is 29.7 Å². The molecule has 0 aliphatic carbocycles. The molecule has 0 bridgehead atoms. The van der Waals surface area contributed by atoms with Crippen molar-refractivity contribution >= 4 is 27.6 Å². The van der Waals surface area contributed by atoms with Crippen LogP contribution in [0, 0.1) is 0 Å². The number of sulfonamides is 1.